The van der Waals surface area contributed by atoms with Crippen molar-refractivity contribution in [3.05, 3.63) is 0 Å². The normalized spacial score (nSPS) is 32.3. The third-order valence-corrected chi connectivity index (χ3v) is 3.73. The van der Waals surface area contributed by atoms with Gasteiger partial charge in [0.15, 0.2) is 0 Å². The molecule has 2 N–H and O–H groups in total. The van der Waals surface area contributed by atoms with E-state index in [-0.39, 0.29) is 5.91 Å². The summed E-state index contributed by atoms with van der Waals surface area (Å²) >= 11 is 0. The van der Waals surface area contributed by atoms with Gasteiger partial charge in [0.05, 0.1) is 0 Å². The Morgan fingerprint density at radius 2 is 2.29 bits per heavy atom. The van der Waals surface area contributed by atoms with Crippen LogP contribution in [0.1, 0.15) is 32.6 Å². The minimum absolute atomic E-state index is 0.374. The number of urea groups is 1. The molecule has 0 aromatic rings. The van der Waals surface area contributed by atoms with Crippen LogP contribution in [-0.4, -0.2) is 40.0 Å². The molecule has 1 aliphatic carbocycles. The number of hydrogen-bond acceptors (Lipinski definition) is 3. The van der Waals surface area contributed by atoms with Crippen molar-refractivity contribution in [1.82, 2.24) is 10.2 Å². The number of imide groups is 1. The first-order valence-electron chi connectivity index (χ1n) is 5.84. The third-order valence-electron chi connectivity index (χ3n) is 3.73. The molecule has 1 saturated heterocycles. The SMILES string of the molecule is CCC1CCC2(C1)NC(=O)N(CC(=O)O)C2=O. The van der Waals surface area contributed by atoms with Gasteiger partial charge < -0.3 is 10.4 Å². The van der Waals surface area contributed by atoms with Crippen LogP contribution in [0.4, 0.5) is 4.79 Å². The highest BCUT2D eigenvalue weighted by molar-refractivity contribution is 6.08. The van der Waals surface area contributed by atoms with E-state index >= 15 is 0 Å². The zero-order chi connectivity index (χ0) is 12.6. The van der Waals surface area contributed by atoms with Gasteiger partial charge in [0.2, 0.25) is 0 Å². The van der Waals surface area contributed by atoms with Gasteiger partial charge in [-0.25, -0.2) is 4.79 Å². The predicted octanol–water partition coefficient (Wildman–Crippen LogP) is 0.572. The van der Waals surface area contributed by atoms with Gasteiger partial charge in [-0.2, -0.15) is 0 Å². The maximum Gasteiger partial charge on any atom is 0.325 e. The number of hydrogen-bond donors (Lipinski definition) is 2. The Balaban J connectivity index is 2.15. The summed E-state index contributed by atoms with van der Waals surface area (Å²) in [5.74, 6) is -1.11. The summed E-state index contributed by atoms with van der Waals surface area (Å²) in [6, 6.07) is -0.575. The van der Waals surface area contributed by atoms with Crippen LogP contribution in [0.25, 0.3) is 0 Å². The highest BCUT2D eigenvalue weighted by Gasteiger charge is 2.54. The molecule has 6 nitrogen and oxygen atoms in total. The largest absolute Gasteiger partial charge is 0.480 e. The molecule has 1 saturated carbocycles. The van der Waals surface area contributed by atoms with E-state index in [1.165, 1.54) is 0 Å². The van der Waals surface area contributed by atoms with Gasteiger partial charge in [0, 0.05) is 0 Å². The van der Waals surface area contributed by atoms with E-state index < -0.39 is 24.1 Å². The van der Waals surface area contributed by atoms with Crippen molar-refractivity contribution in [1.29, 1.82) is 0 Å². The Bertz CT molecular complexity index is 382. The molecule has 2 rings (SSSR count). The number of carbonyl (C=O) groups is 3. The van der Waals surface area contributed by atoms with E-state index in [1.807, 2.05) is 0 Å². The molecule has 3 amide bonds. The van der Waals surface area contributed by atoms with Crippen molar-refractivity contribution < 1.29 is 19.5 Å². The lowest BCUT2D eigenvalue weighted by Crippen LogP contribution is -2.45. The van der Waals surface area contributed by atoms with Gasteiger partial charge in [0.1, 0.15) is 12.1 Å². The van der Waals surface area contributed by atoms with Crippen molar-refractivity contribution in [2.75, 3.05) is 6.54 Å². The Hall–Kier alpha value is -1.59. The summed E-state index contributed by atoms with van der Waals surface area (Å²) in [4.78, 5) is 35.1. The second-order valence-electron chi connectivity index (χ2n) is 4.81. The number of aliphatic carboxylic acids is 1. The third kappa shape index (κ3) is 1.87. The van der Waals surface area contributed by atoms with Gasteiger partial charge in [-0.05, 0) is 25.2 Å². The van der Waals surface area contributed by atoms with E-state index in [1.54, 1.807) is 0 Å². The highest BCUT2D eigenvalue weighted by Crippen LogP contribution is 2.40. The van der Waals surface area contributed by atoms with Gasteiger partial charge >= 0.3 is 12.0 Å². The average molecular weight is 240 g/mol. The molecule has 1 spiro atoms. The molecule has 2 aliphatic rings. The second kappa shape index (κ2) is 4.01. The summed E-state index contributed by atoms with van der Waals surface area (Å²) in [6.45, 7) is 1.50. The zero-order valence-electron chi connectivity index (χ0n) is 9.73. The van der Waals surface area contributed by atoms with Crippen LogP contribution in [0.2, 0.25) is 0 Å². The summed E-state index contributed by atoms with van der Waals surface area (Å²) < 4.78 is 0. The van der Waals surface area contributed by atoms with Crippen molar-refractivity contribution in [3.8, 4) is 0 Å². The smallest absolute Gasteiger partial charge is 0.325 e. The number of amides is 3. The van der Waals surface area contributed by atoms with E-state index in [0.717, 1.165) is 17.7 Å². The van der Waals surface area contributed by atoms with Crippen LogP contribution in [-0.2, 0) is 9.59 Å². The molecule has 1 aliphatic heterocycles. The standard InChI is InChI=1S/C11H16N2O4/c1-2-7-3-4-11(5-7)9(16)13(6-8(14)15)10(17)12-11/h7H,2-6H2,1H3,(H,12,17)(H,14,15). The summed E-state index contributed by atoms with van der Waals surface area (Å²) in [5, 5.41) is 11.3. The number of rotatable bonds is 3. The molecule has 2 atom stereocenters. The zero-order valence-corrected chi connectivity index (χ0v) is 9.73. The molecule has 94 valence electrons. The molecule has 0 aromatic carbocycles. The van der Waals surface area contributed by atoms with Gasteiger partial charge in [0.25, 0.3) is 5.91 Å². The number of nitrogens with one attached hydrogen (secondary N) is 1. The quantitative estimate of drug-likeness (QED) is 0.706. The minimum Gasteiger partial charge on any atom is -0.480 e. The average Bonchev–Trinajstić information content (AvgIpc) is 2.77. The lowest BCUT2D eigenvalue weighted by Gasteiger charge is -2.20. The number of nitrogens with zero attached hydrogens (tertiary/aromatic N) is 1. The fraction of sp³-hybridized carbons (Fsp3) is 0.727. The van der Waals surface area contributed by atoms with Gasteiger partial charge in [-0.1, -0.05) is 13.3 Å². The monoisotopic (exact) mass is 240 g/mol. The fourth-order valence-electron chi connectivity index (χ4n) is 2.76. The molecule has 0 radical (unpaired) electrons. The van der Waals surface area contributed by atoms with Crippen LogP contribution in [0.3, 0.4) is 0 Å². The van der Waals surface area contributed by atoms with Crippen molar-refractivity contribution in [3.63, 3.8) is 0 Å². The molecule has 1 heterocycles. The highest BCUT2D eigenvalue weighted by atomic mass is 16.4. The summed E-state index contributed by atoms with van der Waals surface area (Å²) in [7, 11) is 0. The number of carboxylic acid groups (broad SMARTS) is 1. The van der Waals surface area contributed by atoms with E-state index in [0.29, 0.717) is 18.8 Å². The first kappa shape index (κ1) is 11.9. The Kier molecular flexibility index (Phi) is 2.81. The molecule has 0 aromatic heterocycles. The fourth-order valence-corrected chi connectivity index (χ4v) is 2.76. The van der Waals surface area contributed by atoms with Crippen molar-refractivity contribution in [2.24, 2.45) is 5.92 Å². The number of carbonyl (C=O) groups excluding carboxylic acids is 2. The van der Waals surface area contributed by atoms with Gasteiger partial charge in [-0.15, -0.1) is 0 Å². The van der Waals surface area contributed by atoms with Crippen LogP contribution in [0.5, 0.6) is 0 Å². The van der Waals surface area contributed by atoms with Crippen LogP contribution in [0, 0.1) is 5.92 Å². The first-order chi connectivity index (χ1) is 7.98. The van der Waals surface area contributed by atoms with E-state index in [9.17, 15) is 14.4 Å². The molecular formula is C11H16N2O4. The molecule has 2 unspecified atom stereocenters. The lowest BCUT2D eigenvalue weighted by molar-refractivity contribution is -0.142. The molecule has 0 bridgehead atoms. The summed E-state index contributed by atoms with van der Waals surface area (Å²) in [5.41, 5.74) is -0.826. The topological polar surface area (TPSA) is 86.7 Å². The number of carboxylic acids is 1. The maximum atomic E-state index is 12.1. The molecule has 6 heteroatoms. The maximum absolute atomic E-state index is 12.1. The Labute approximate surface area is 99.0 Å². The summed E-state index contributed by atoms with van der Waals surface area (Å²) in [6.07, 6.45) is 3.13. The second-order valence-corrected chi connectivity index (χ2v) is 4.81. The lowest BCUT2D eigenvalue weighted by atomic mass is 9.95. The van der Waals surface area contributed by atoms with Gasteiger partial charge in [-0.3, -0.25) is 14.5 Å². The van der Waals surface area contributed by atoms with E-state index in [2.05, 4.69) is 12.2 Å². The van der Waals surface area contributed by atoms with Crippen LogP contribution in [0.15, 0.2) is 0 Å². The van der Waals surface area contributed by atoms with Crippen molar-refractivity contribution >= 4 is 17.9 Å². The molecular weight excluding hydrogens is 224 g/mol. The molecule has 17 heavy (non-hydrogen) atoms. The molecule has 2 fully saturated rings. The first-order valence-corrected chi connectivity index (χ1v) is 5.84. The van der Waals surface area contributed by atoms with Crippen molar-refractivity contribution in [2.45, 2.75) is 38.1 Å². The minimum atomic E-state index is -1.17. The Morgan fingerprint density at radius 3 is 2.82 bits per heavy atom. The predicted molar refractivity (Wildman–Crippen MR) is 58.2 cm³/mol. The van der Waals surface area contributed by atoms with Crippen LogP contribution >= 0.6 is 0 Å². The van der Waals surface area contributed by atoms with Crippen LogP contribution < -0.4 is 5.32 Å². The van der Waals surface area contributed by atoms with E-state index in [4.69, 9.17) is 5.11 Å². The Morgan fingerprint density at radius 1 is 1.59 bits per heavy atom.